The van der Waals surface area contributed by atoms with Crippen molar-refractivity contribution in [3.05, 3.63) is 71.8 Å². The average molecular weight is 339 g/mol. The van der Waals surface area contributed by atoms with Crippen LogP contribution in [0.2, 0.25) is 0 Å². The molecule has 130 valence electrons. The van der Waals surface area contributed by atoms with E-state index in [1.165, 1.54) is 4.58 Å². The molecule has 0 saturated carbocycles. The first kappa shape index (κ1) is 17.2. The van der Waals surface area contributed by atoms with Crippen LogP contribution in [0, 0.1) is 0 Å². The van der Waals surface area contributed by atoms with Gasteiger partial charge in [-0.05, 0) is 30.5 Å². The van der Waals surface area contributed by atoms with E-state index in [0.29, 0.717) is 25.6 Å². The third-order valence-electron chi connectivity index (χ3n) is 4.16. The maximum Gasteiger partial charge on any atom is 0.507 e. The molecule has 1 fully saturated rings. The van der Waals surface area contributed by atoms with Gasteiger partial charge in [-0.2, -0.15) is 9.37 Å². The number of hydrogen-bond donors (Lipinski definition) is 1. The van der Waals surface area contributed by atoms with Crippen LogP contribution in [0.25, 0.3) is 0 Å². The van der Waals surface area contributed by atoms with Crippen LogP contribution in [0.4, 0.5) is 4.79 Å². The number of carbonyl (C=O) groups excluding carboxylic acids is 1. The molecule has 1 unspecified atom stereocenters. The SMILES string of the molecule is NC(c1ccccc1)=[N+]1CC(CCCOCc2ccccc2)OC1=O. The highest BCUT2D eigenvalue weighted by Gasteiger charge is 2.34. The molecule has 0 spiro atoms. The summed E-state index contributed by atoms with van der Waals surface area (Å²) >= 11 is 0. The Labute approximate surface area is 147 Å². The highest BCUT2D eigenvalue weighted by Crippen LogP contribution is 2.14. The Kier molecular flexibility index (Phi) is 5.80. The van der Waals surface area contributed by atoms with Gasteiger partial charge in [0.2, 0.25) is 0 Å². The molecule has 1 aliphatic rings. The fraction of sp³-hybridized carbons (Fsp3) is 0.300. The summed E-state index contributed by atoms with van der Waals surface area (Å²) in [6.07, 6.45) is 1.08. The van der Waals surface area contributed by atoms with Gasteiger partial charge in [0.1, 0.15) is 12.6 Å². The molecule has 1 amide bonds. The lowest BCUT2D eigenvalue weighted by molar-refractivity contribution is -0.415. The number of rotatable bonds is 7. The number of cyclic esters (lactones) is 1. The predicted octanol–water partition coefficient (Wildman–Crippen LogP) is 2.92. The standard InChI is InChI=1S/C20H22N2O3/c21-19(17-10-5-2-6-11-17)22-14-18(25-20(22)23)12-7-13-24-15-16-8-3-1-4-9-16/h1-6,8-11,18,21H,7,12-15H2/p+1. The molecule has 2 aromatic rings. The van der Waals surface area contributed by atoms with Crippen molar-refractivity contribution in [3.8, 4) is 0 Å². The summed E-state index contributed by atoms with van der Waals surface area (Å²) in [7, 11) is 0. The van der Waals surface area contributed by atoms with E-state index in [1.807, 2.05) is 60.7 Å². The molecule has 25 heavy (non-hydrogen) atoms. The van der Waals surface area contributed by atoms with E-state index in [2.05, 4.69) is 0 Å². The molecule has 5 nitrogen and oxygen atoms in total. The normalized spacial score (nSPS) is 18.9. The van der Waals surface area contributed by atoms with Gasteiger partial charge in [-0.25, -0.2) is 0 Å². The number of amides is 1. The van der Waals surface area contributed by atoms with Crippen molar-refractivity contribution in [2.75, 3.05) is 13.2 Å². The highest BCUT2D eigenvalue weighted by molar-refractivity contribution is 5.96. The zero-order valence-electron chi connectivity index (χ0n) is 14.1. The topological polar surface area (TPSA) is 64.6 Å². The van der Waals surface area contributed by atoms with Gasteiger partial charge in [0.05, 0.1) is 12.2 Å². The van der Waals surface area contributed by atoms with Crippen molar-refractivity contribution in [3.63, 3.8) is 0 Å². The van der Waals surface area contributed by atoms with Gasteiger partial charge in [0, 0.05) is 6.61 Å². The second kappa shape index (κ2) is 8.44. The van der Waals surface area contributed by atoms with Crippen molar-refractivity contribution >= 4 is 11.9 Å². The predicted molar refractivity (Wildman–Crippen MR) is 95.5 cm³/mol. The summed E-state index contributed by atoms with van der Waals surface area (Å²) < 4.78 is 12.6. The molecular formula is C20H23N2O3+. The summed E-state index contributed by atoms with van der Waals surface area (Å²) in [4.78, 5) is 12.0. The van der Waals surface area contributed by atoms with Crippen molar-refractivity contribution in [2.24, 2.45) is 5.73 Å². The fourth-order valence-electron chi connectivity index (χ4n) is 2.81. The molecule has 0 bridgehead atoms. The Balaban J connectivity index is 1.45. The lowest BCUT2D eigenvalue weighted by Crippen LogP contribution is -2.30. The van der Waals surface area contributed by atoms with Gasteiger partial charge in [-0.15, -0.1) is 0 Å². The first-order valence-electron chi connectivity index (χ1n) is 8.51. The minimum absolute atomic E-state index is 0.143. The van der Waals surface area contributed by atoms with E-state index in [0.717, 1.165) is 24.0 Å². The number of benzene rings is 2. The van der Waals surface area contributed by atoms with Crippen LogP contribution in [0.15, 0.2) is 60.7 Å². The Morgan fingerprint density at radius 3 is 2.52 bits per heavy atom. The van der Waals surface area contributed by atoms with Crippen molar-refractivity contribution in [2.45, 2.75) is 25.6 Å². The van der Waals surface area contributed by atoms with E-state index < -0.39 is 0 Å². The van der Waals surface area contributed by atoms with E-state index in [-0.39, 0.29) is 12.2 Å². The first-order valence-corrected chi connectivity index (χ1v) is 8.51. The highest BCUT2D eigenvalue weighted by atomic mass is 16.6. The molecule has 1 aliphatic heterocycles. The first-order chi connectivity index (χ1) is 12.2. The lowest BCUT2D eigenvalue weighted by Gasteiger charge is -2.07. The van der Waals surface area contributed by atoms with Crippen LogP contribution in [0.5, 0.6) is 0 Å². The van der Waals surface area contributed by atoms with Crippen molar-refractivity contribution in [1.29, 1.82) is 0 Å². The van der Waals surface area contributed by atoms with Gasteiger partial charge in [0.25, 0.3) is 5.84 Å². The largest absolute Gasteiger partial charge is 0.507 e. The van der Waals surface area contributed by atoms with E-state index in [4.69, 9.17) is 15.2 Å². The summed E-state index contributed by atoms with van der Waals surface area (Å²) in [5.41, 5.74) is 8.09. The molecule has 1 heterocycles. The molecule has 3 rings (SSSR count). The van der Waals surface area contributed by atoms with Crippen molar-refractivity contribution < 1.29 is 18.8 Å². The maximum absolute atomic E-state index is 12.0. The third-order valence-corrected chi connectivity index (χ3v) is 4.16. The average Bonchev–Trinajstić information content (AvgIpc) is 3.03. The second-order valence-electron chi connectivity index (χ2n) is 6.05. The molecule has 2 aromatic carbocycles. The van der Waals surface area contributed by atoms with Gasteiger partial charge < -0.3 is 9.47 Å². The van der Waals surface area contributed by atoms with E-state index in [1.54, 1.807) is 0 Å². The molecule has 0 radical (unpaired) electrons. The minimum Gasteiger partial charge on any atom is -0.424 e. The molecular weight excluding hydrogens is 316 g/mol. The number of amidine groups is 1. The third kappa shape index (κ3) is 4.67. The number of nitrogens with two attached hydrogens (primary N) is 1. The Morgan fingerprint density at radius 2 is 1.80 bits per heavy atom. The van der Waals surface area contributed by atoms with Gasteiger partial charge in [-0.1, -0.05) is 48.5 Å². The molecule has 1 saturated heterocycles. The molecule has 0 aliphatic carbocycles. The smallest absolute Gasteiger partial charge is 0.424 e. The lowest BCUT2D eigenvalue weighted by atomic mass is 10.2. The number of hydrogen-bond acceptors (Lipinski definition) is 3. The molecule has 0 aromatic heterocycles. The van der Waals surface area contributed by atoms with E-state index in [9.17, 15) is 4.79 Å². The molecule has 2 N–H and O–H groups in total. The van der Waals surface area contributed by atoms with Gasteiger partial charge >= 0.3 is 6.09 Å². The minimum atomic E-state index is -0.378. The summed E-state index contributed by atoms with van der Waals surface area (Å²) in [6, 6.07) is 19.5. The Bertz CT molecular complexity index is 729. The zero-order valence-corrected chi connectivity index (χ0v) is 14.1. The zero-order chi connectivity index (χ0) is 17.5. The monoisotopic (exact) mass is 339 g/mol. The summed E-state index contributed by atoms with van der Waals surface area (Å²) in [5, 5.41) is 0. The second-order valence-corrected chi connectivity index (χ2v) is 6.05. The molecule has 5 heteroatoms. The van der Waals surface area contributed by atoms with Crippen molar-refractivity contribution in [1.82, 2.24) is 0 Å². The number of carbonyl (C=O) groups is 1. The quantitative estimate of drug-likeness (QED) is 0.478. The Hall–Kier alpha value is -2.66. The summed E-state index contributed by atoms with van der Waals surface area (Å²) in [5.74, 6) is 0.438. The van der Waals surface area contributed by atoms with Crippen LogP contribution >= 0.6 is 0 Å². The van der Waals surface area contributed by atoms with Crippen LogP contribution < -0.4 is 5.73 Å². The van der Waals surface area contributed by atoms with Gasteiger partial charge in [-0.3, -0.25) is 5.73 Å². The van der Waals surface area contributed by atoms with Crippen LogP contribution in [0.1, 0.15) is 24.0 Å². The maximum atomic E-state index is 12.0. The Morgan fingerprint density at radius 1 is 1.12 bits per heavy atom. The number of nitrogens with zero attached hydrogens (tertiary/aromatic N) is 1. The molecule has 1 atom stereocenters. The fourth-order valence-corrected chi connectivity index (χ4v) is 2.81. The van der Waals surface area contributed by atoms with Crippen LogP contribution in [-0.2, 0) is 16.1 Å². The van der Waals surface area contributed by atoms with Crippen LogP contribution in [0.3, 0.4) is 0 Å². The van der Waals surface area contributed by atoms with Gasteiger partial charge in [0.15, 0.2) is 0 Å². The van der Waals surface area contributed by atoms with Crippen LogP contribution in [-0.4, -0.2) is 35.8 Å². The number of ether oxygens (including phenoxy) is 2. The van der Waals surface area contributed by atoms with E-state index >= 15 is 0 Å². The summed E-state index contributed by atoms with van der Waals surface area (Å²) in [6.45, 7) is 1.73.